The lowest BCUT2D eigenvalue weighted by atomic mass is 9.88. The maximum absolute atomic E-state index is 13.7. The van der Waals surface area contributed by atoms with E-state index < -0.39 is 35.7 Å². The van der Waals surface area contributed by atoms with E-state index >= 15 is 0 Å². The molecule has 3 atom stereocenters. The van der Waals surface area contributed by atoms with E-state index in [9.17, 15) is 18.8 Å². The molecule has 0 radical (unpaired) electrons. The highest BCUT2D eigenvalue weighted by atomic mass is 19.1. The van der Waals surface area contributed by atoms with Crippen LogP contribution in [0.4, 0.5) is 4.39 Å². The SMILES string of the molecule is COc1ccnc(C(=O)C[C@@H](C)C(=O)O[C@H](C)[C@H](C)c2c(C)cc(F)cc2C)c1OC(=O)C(C)C. The Balaban J connectivity index is 2.14. The zero-order valence-electron chi connectivity index (χ0n) is 21.6. The van der Waals surface area contributed by atoms with Crippen LogP contribution < -0.4 is 9.47 Å². The van der Waals surface area contributed by atoms with Gasteiger partial charge in [-0.25, -0.2) is 9.37 Å². The molecular weight excluding hydrogens is 453 g/mol. The van der Waals surface area contributed by atoms with Crippen molar-refractivity contribution in [2.24, 2.45) is 11.8 Å². The molecule has 0 unspecified atom stereocenters. The van der Waals surface area contributed by atoms with Crippen molar-refractivity contribution < 1.29 is 33.0 Å². The van der Waals surface area contributed by atoms with Crippen molar-refractivity contribution in [3.63, 3.8) is 0 Å². The van der Waals surface area contributed by atoms with Gasteiger partial charge in [0.05, 0.1) is 18.9 Å². The van der Waals surface area contributed by atoms with Crippen molar-refractivity contribution >= 4 is 17.7 Å². The molecular formula is C27H34FNO6. The smallest absolute Gasteiger partial charge is 0.313 e. The van der Waals surface area contributed by atoms with Gasteiger partial charge in [-0.15, -0.1) is 0 Å². The Hall–Kier alpha value is -3.29. The average molecular weight is 488 g/mol. The van der Waals surface area contributed by atoms with E-state index in [4.69, 9.17) is 14.2 Å². The summed E-state index contributed by atoms with van der Waals surface area (Å²) >= 11 is 0. The van der Waals surface area contributed by atoms with Crippen LogP contribution in [-0.4, -0.2) is 35.9 Å². The van der Waals surface area contributed by atoms with Gasteiger partial charge in [-0.1, -0.05) is 27.7 Å². The number of Topliss-reactive ketones (excluding diaryl/α,β-unsaturated/α-hetero) is 1. The van der Waals surface area contributed by atoms with Gasteiger partial charge in [0.25, 0.3) is 0 Å². The Kier molecular flexibility index (Phi) is 9.51. The molecule has 35 heavy (non-hydrogen) atoms. The largest absolute Gasteiger partial charge is 0.493 e. The second-order valence-corrected chi connectivity index (χ2v) is 9.18. The van der Waals surface area contributed by atoms with Crippen LogP contribution in [0.2, 0.25) is 0 Å². The van der Waals surface area contributed by atoms with Gasteiger partial charge in [0, 0.05) is 24.6 Å². The third kappa shape index (κ3) is 6.87. The minimum Gasteiger partial charge on any atom is -0.493 e. The number of esters is 2. The van der Waals surface area contributed by atoms with E-state index in [1.54, 1.807) is 27.7 Å². The highest BCUT2D eigenvalue weighted by Gasteiger charge is 2.29. The van der Waals surface area contributed by atoms with E-state index in [1.807, 2.05) is 20.8 Å². The molecule has 2 rings (SSSR count). The quantitative estimate of drug-likeness (QED) is 0.329. The van der Waals surface area contributed by atoms with Crippen molar-refractivity contribution in [3.05, 3.63) is 52.6 Å². The molecule has 0 saturated carbocycles. The fraction of sp³-hybridized carbons (Fsp3) is 0.481. The molecule has 0 saturated heterocycles. The van der Waals surface area contributed by atoms with E-state index in [2.05, 4.69) is 4.98 Å². The van der Waals surface area contributed by atoms with Gasteiger partial charge in [0.15, 0.2) is 17.2 Å². The lowest BCUT2D eigenvalue weighted by Gasteiger charge is -2.25. The Labute approximate surface area is 206 Å². The van der Waals surface area contributed by atoms with Crippen LogP contribution in [0.1, 0.15) is 74.1 Å². The van der Waals surface area contributed by atoms with Crippen LogP contribution in [0.5, 0.6) is 11.5 Å². The predicted octanol–water partition coefficient (Wildman–Crippen LogP) is 5.35. The summed E-state index contributed by atoms with van der Waals surface area (Å²) in [5.74, 6) is -3.11. The molecule has 0 amide bonds. The first kappa shape index (κ1) is 28.0. The van der Waals surface area contributed by atoms with Gasteiger partial charge < -0.3 is 14.2 Å². The zero-order valence-corrected chi connectivity index (χ0v) is 21.6. The molecule has 8 heteroatoms. The standard InChI is InChI=1S/C27H34FNO6/c1-14(2)26(31)35-25-22(33-8)9-10-29-24(25)21(30)13-17(5)27(32)34-19(7)18(6)23-15(3)11-20(28)12-16(23)4/h9-12,14,17-19H,13H2,1-8H3/t17-,18+,19-/m1/s1. The van der Waals surface area contributed by atoms with Crippen molar-refractivity contribution in [2.75, 3.05) is 7.11 Å². The van der Waals surface area contributed by atoms with Gasteiger partial charge >= 0.3 is 11.9 Å². The van der Waals surface area contributed by atoms with E-state index in [0.29, 0.717) is 0 Å². The molecule has 1 heterocycles. The third-order valence-electron chi connectivity index (χ3n) is 5.94. The van der Waals surface area contributed by atoms with E-state index in [0.717, 1.165) is 16.7 Å². The summed E-state index contributed by atoms with van der Waals surface area (Å²) in [5.41, 5.74) is 2.41. The van der Waals surface area contributed by atoms with E-state index in [-0.39, 0.29) is 35.3 Å². The molecule has 2 aromatic rings. The van der Waals surface area contributed by atoms with Crippen LogP contribution in [0.15, 0.2) is 24.4 Å². The van der Waals surface area contributed by atoms with E-state index in [1.165, 1.54) is 31.5 Å². The van der Waals surface area contributed by atoms with Crippen LogP contribution in [0.3, 0.4) is 0 Å². The molecule has 0 aliphatic heterocycles. The topological polar surface area (TPSA) is 91.8 Å². The highest BCUT2D eigenvalue weighted by molar-refractivity contribution is 6.00. The summed E-state index contributed by atoms with van der Waals surface area (Å²) in [6, 6.07) is 4.40. The number of carbonyl (C=O) groups excluding carboxylic acids is 3. The number of ether oxygens (including phenoxy) is 3. The van der Waals surface area contributed by atoms with Gasteiger partial charge in [-0.05, 0) is 49.6 Å². The molecule has 7 nitrogen and oxygen atoms in total. The predicted molar refractivity (Wildman–Crippen MR) is 129 cm³/mol. The lowest BCUT2D eigenvalue weighted by Crippen LogP contribution is -2.27. The number of benzene rings is 1. The van der Waals surface area contributed by atoms with Crippen molar-refractivity contribution in [1.82, 2.24) is 4.98 Å². The van der Waals surface area contributed by atoms with Crippen LogP contribution >= 0.6 is 0 Å². The van der Waals surface area contributed by atoms with Crippen molar-refractivity contribution in [2.45, 2.75) is 66.9 Å². The first-order valence-electron chi connectivity index (χ1n) is 11.6. The summed E-state index contributed by atoms with van der Waals surface area (Å²) in [6.07, 6.45) is 0.681. The second-order valence-electron chi connectivity index (χ2n) is 9.18. The van der Waals surface area contributed by atoms with Crippen LogP contribution in [0.25, 0.3) is 0 Å². The fourth-order valence-electron chi connectivity index (χ4n) is 3.84. The maximum atomic E-state index is 13.7. The highest BCUT2D eigenvalue weighted by Crippen LogP contribution is 2.32. The first-order valence-corrected chi connectivity index (χ1v) is 11.6. The molecule has 1 aromatic carbocycles. The number of hydrogen-bond donors (Lipinski definition) is 0. The Morgan fingerprint density at radius 2 is 1.60 bits per heavy atom. The number of methoxy groups -OCH3 is 1. The number of aromatic nitrogens is 1. The van der Waals surface area contributed by atoms with Crippen LogP contribution in [-0.2, 0) is 14.3 Å². The Bertz CT molecular complexity index is 1070. The normalized spacial score (nSPS) is 13.7. The third-order valence-corrected chi connectivity index (χ3v) is 5.94. The van der Waals surface area contributed by atoms with Crippen molar-refractivity contribution in [3.8, 4) is 11.5 Å². The number of pyridine rings is 1. The molecule has 0 bridgehead atoms. The number of nitrogens with zero attached hydrogens (tertiary/aromatic N) is 1. The Morgan fingerprint density at radius 3 is 2.14 bits per heavy atom. The average Bonchev–Trinajstić information content (AvgIpc) is 2.77. The summed E-state index contributed by atoms with van der Waals surface area (Å²) in [5, 5.41) is 0. The van der Waals surface area contributed by atoms with Crippen molar-refractivity contribution in [1.29, 1.82) is 0 Å². The minimum atomic E-state index is -0.769. The molecule has 0 fully saturated rings. The number of hydrogen-bond acceptors (Lipinski definition) is 7. The monoisotopic (exact) mass is 487 g/mol. The summed E-state index contributed by atoms with van der Waals surface area (Å²) in [6.45, 7) is 12.3. The molecule has 0 aliphatic carbocycles. The molecule has 190 valence electrons. The minimum absolute atomic E-state index is 0.0662. The molecule has 0 aliphatic rings. The Morgan fingerprint density at radius 1 is 1.00 bits per heavy atom. The second kappa shape index (κ2) is 11.9. The lowest BCUT2D eigenvalue weighted by molar-refractivity contribution is -0.153. The van der Waals surface area contributed by atoms with Gasteiger partial charge in [0.1, 0.15) is 11.9 Å². The summed E-state index contributed by atoms with van der Waals surface area (Å²) < 4.78 is 29.9. The molecule has 1 aromatic heterocycles. The number of ketones is 1. The van der Waals surface area contributed by atoms with Gasteiger partial charge in [-0.3, -0.25) is 14.4 Å². The number of halogens is 1. The number of rotatable bonds is 10. The van der Waals surface area contributed by atoms with Crippen LogP contribution in [0, 0.1) is 31.5 Å². The summed E-state index contributed by atoms with van der Waals surface area (Å²) in [7, 11) is 1.39. The zero-order chi connectivity index (χ0) is 26.4. The van der Waals surface area contributed by atoms with Gasteiger partial charge in [0.2, 0.25) is 5.75 Å². The first-order chi connectivity index (χ1) is 16.4. The number of aryl methyl sites for hydroxylation is 2. The van der Waals surface area contributed by atoms with Gasteiger partial charge in [-0.2, -0.15) is 0 Å². The summed E-state index contributed by atoms with van der Waals surface area (Å²) in [4.78, 5) is 42.0. The molecule has 0 N–H and O–H groups in total. The fourth-order valence-corrected chi connectivity index (χ4v) is 3.84. The maximum Gasteiger partial charge on any atom is 0.313 e. The number of carbonyl (C=O) groups is 3. The molecule has 0 spiro atoms.